The molecule has 0 aromatic heterocycles. The molecule has 1 rings (SSSR count). The van der Waals surface area contributed by atoms with Gasteiger partial charge in [0.05, 0.1) is 4.90 Å². The standard InChI is InChI=1S/C13H20N2O3S/c1-9(2)8-15-13(16)10(3)19(17,18)12-6-4-11(14)5-7-12/h4-7,9-10H,8,14H2,1-3H3,(H,15,16). The zero-order chi connectivity index (χ0) is 14.6. The summed E-state index contributed by atoms with van der Waals surface area (Å²) in [6.45, 7) is 5.74. The highest BCUT2D eigenvalue weighted by molar-refractivity contribution is 7.92. The molecule has 6 heteroatoms. The minimum absolute atomic E-state index is 0.105. The van der Waals surface area contributed by atoms with E-state index in [9.17, 15) is 13.2 Å². The van der Waals surface area contributed by atoms with Gasteiger partial charge in [0, 0.05) is 12.2 Å². The number of carbonyl (C=O) groups is 1. The fourth-order valence-electron chi connectivity index (χ4n) is 1.45. The van der Waals surface area contributed by atoms with Crippen LogP contribution in [0.4, 0.5) is 5.69 Å². The molecule has 1 aromatic rings. The molecule has 19 heavy (non-hydrogen) atoms. The smallest absolute Gasteiger partial charge is 0.238 e. The van der Waals surface area contributed by atoms with E-state index < -0.39 is 21.0 Å². The zero-order valence-corrected chi connectivity index (χ0v) is 12.2. The predicted octanol–water partition coefficient (Wildman–Crippen LogP) is 1.20. The number of hydrogen-bond donors (Lipinski definition) is 2. The Morgan fingerprint density at radius 3 is 2.21 bits per heavy atom. The molecular formula is C13H20N2O3S. The van der Waals surface area contributed by atoms with Crippen molar-refractivity contribution in [2.24, 2.45) is 5.92 Å². The highest BCUT2D eigenvalue weighted by atomic mass is 32.2. The summed E-state index contributed by atoms with van der Waals surface area (Å²) in [7, 11) is -3.67. The molecule has 1 aromatic carbocycles. The summed E-state index contributed by atoms with van der Waals surface area (Å²) in [4.78, 5) is 11.9. The topological polar surface area (TPSA) is 89.3 Å². The Bertz CT molecular complexity index is 536. The molecule has 0 spiro atoms. The fraction of sp³-hybridized carbons (Fsp3) is 0.462. The van der Waals surface area contributed by atoms with Crippen LogP contribution in [0.1, 0.15) is 20.8 Å². The highest BCUT2D eigenvalue weighted by Crippen LogP contribution is 2.17. The van der Waals surface area contributed by atoms with Gasteiger partial charge in [-0.15, -0.1) is 0 Å². The summed E-state index contributed by atoms with van der Waals surface area (Å²) < 4.78 is 24.5. The molecular weight excluding hydrogens is 264 g/mol. The van der Waals surface area contributed by atoms with Crippen LogP contribution in [0.5, 0.6) is 0 Å². The van der Waals surface area contributed by atoms with Gasteiger partial charge in [0.2, 0.25) is 5.91 Å². The maximum atomic E-state index is 12.2. The van der Waals surface area contributed by atoms with Crippen molar-refractivity contribution in [3.63, 3.8) is 0 Å². The van der Waals surface area contributed by atoms with Crippen LogP contribution in [-0.4, -0.2) is 26.1 Å². The molecule has 106 valence electrons. The van der Waals surface area contributed by atoms with Crippen molar-refractivity contribution in [1.29, 1.82) is 0 Å². The highest BCUT2D eigenvalue weighted by Gasteiger charge is 2.29. The molecule has 0 aliphatic rings. The Hall–Kier alpha value is -1.56. The van der Waals surface area contributed by atoms with Crippen molar-refractivity contribution >= 4 is 21.4 Å². The quantitative estimate of drug-likeness (QED) is 0.795. The Labute approximate surface area is 114 Å². The number of hydrogen-bond acceptors (Lipinski definition) is 4. The second kappa shape index (κ2) is 6.06. The molecule has 0 saturated carbocycles. The molecule has 0 heterocycles. The summed E-state index contributed by atoms with van der Waals surface area (Å²) in [6, 6.07) is 5.84. The molecule has 3 N–H and O–H groups in total. The van der Waals surface area contributed by atoms with Gasteiger partial charge < -0.3 is 11.1 Å². The molecule has 0 aliphatic carbocycles. The van der Waals surface area contributed by atoms with Crippen molar-refractivity contribution in [1.82, 2.24) is 5.32 Å². The third-order valence-corrected chi connectivity index (χ3v) is 4.80. The van der Waals surface area contributed by atoms with Gasteiger partial charge in [0.25, 0.3) is 0 Å². The number of nitrogen functional groups attached to an aromatic ring is 1. The van der Waals surface area contributed by atoms with E-state index in [1.807, 2.05) is 13.8 Å². The van der Waals surface area contributed by atoms with E-state index in [-0.39, 0.29) is 10.8 Å². The van der Waals surface area contributed by atoms with E-state index in [0.717, 1.165) is 0 Å². The Balaban J connectivity index is 2.87. The fourth-order valence-corrected chi connectivity index (χ4v) is 2.74. The van der Waals surface area contributed by atoms with E-state index in [4.69, 9.17) is 5.73 Å². The van der Waals surface area contributed by atoms with Crippen LogP contribution < -0.4 is 11.1 Å². The first-order chi connectivity index (χ1) is 8.75. The van der Waals surface area contributed by atoms with Gasteiger partial charge in [0.15, 0.2) is 9.84 Å². The van der Waals surface area contributed by atoms with Gasteiger partial charge in [-0.05, 0) is 37.1 Å². The Kier molecular flexibility index (Phi) is 4.94. The number of nitrogens with two attached hydrogens (primary N) is 1. The minimum Gasteiger partial charge on any atom is -0.399 e. The predicted molar refractivity (Wildman–Crippen MR) is 75.3 cm³/mol. The number of carbonyl (C=O) groups excluding carboxylic acids is 1. The second-order valence-corrected chi connectivity index (χ2v) is 7.16. The van der Waals surface area contributed by atoms with Crippen molar-refractivity contribution in [3.8, 4) is 0 Å². The number of benzene rings is 1. The molecule has 0 radical (unpaired) electrons. The number of anilines is 1. The average Bonchev–Trinajstić information content (AvgIpc) is 2.35. The summed E-state index contributed by atoms with van der Waals surface area (Å²) in [6.07, 6.45) is 0. The van der Waals surface area contributed by atoms with Crippen LogP contribution >= 0.6 is 0 Å². The molecule has 0 aliphatic heterocycles. The zero-order valence-electron chi connectivity index (χ0n) is 11.4. The normalized spacial score (nSPS) is 13.3. The van der Waals surface area contributed by atoms with E-state index >= 15 is 0 Å². The maximum Gasteiger partial charge on any atom is 0.238 e. The first-order valence-electron chi connectivity index (χ1n) is 6.12. The molecule has 1 unspecified atom stereocenters. The lowest BCUT2D eigenvalue weighted by Gasteiger charge is -2.14. The molecule has 1 amide bonds. The van der Waals surface area contributed by atoms with Crippen LogP contribution in [0.3, 0.4) is 0 Å². The van der Waals surface area contributed by atoms with E-state index in [0.29, 0.717) is 12.2 Å². The monoisotopic (exact) mass is 284 g/mol. The van der Waals surface area contributed by atoms with Crippen molar-refractivity contribution in [2.45, 2.75) is 30.9 Å². The molecule has 0 saturated heterocycles. The number of amides is 1. The Morgan fingerprint density at radius 1 is 1.21 bits per heavy atom. The van der Waals surface area contributed by atoms with Crippen molar-refractivity contribution in [3.05, 3.63) is 24.3 Å². The number of sulfone groups is 1. The van der Waals surface area contributed by atoms with Gasteiger partial charge in [-0.3, -0.25) is 4.79 Å². The van der Waals surface area contributed by atoms with E-state index in [1.165, 1.54) is 31.2 Å². The summed E-state index contributed by atoms with van der Waals surface area (Å²) >= 11 is 0. The van der Waals surface area contributed by atoms with E-state index in [2.05, 4.69) is 5.32 Å². The van der Waals surface area contributed by atoms with Crippen LogP contribution in [0.25, 0.3) is 0 Å². The SMILES string of the molecule is CC(C)CNC(=O)C(C)S(=O)(=O)c1ccc(N)cc1. The lowest BCUT2D eigenvalue weighted by Crippen LogP contribution is -2.39. The molecule has 0 fully saturated rings. The first-order valence-corrected chi connectivity index (χ1v) is 7.67. The van der Waals surface area contributed by atoms with Crippen LogP contribution in [0.2, 0.25) is 0 Å². The van der Waals surface area contributed by atoms with Gasteiger partial charge in [0.1, 0.15) is 5.25 Å². The van der Waals surface area contributed by atoms with Crippen molar-refractivity contribution in [2.75, 3.05) is 12.3 Å². The van der Waals surface area contributed by atoms with Crippen LogP contribution in [-0.2, 0) is 14.6 Å². The molecule has 1 atom stereocenters. The molecule has 5 nitrogen and oxygen atoms in total. The van der Waals surface area contributed by atoms with Crippen LogP contribution in [0.15, 0.2) is 29.2 Å². The van der Waals surface area contributed by atoms with Crippen molar-refractivity contribution < 1.29 is 13.2 Å². The number of nitrogens with one attached hydrogen (secondary N) is 1. The second-order valence-electron chi connectivity index (χ2n) is 4.90. The largest absolute Gasteiger partial charge is 0.399 e. The van der Waals surface area contributed by atoms with Crippen LogP contribution in [0, 0.1) is 5.92 Å². The minimum atomic E-state index is -3.67. The number of rotatable bonds is 5. The van der Waals surface area contributed by atoms with E-state index in [1.54, 1.807) is 0 Å². The third-order valence-electron chi connectivity index (χ3n) is 2.73. The lowest BCUT2D eigenvalue weighted by molar-refractivity contribution is -0.120. The van der Waals surface area contributed by atoms with Gasteiger partial charge in [-0.2, -0.15) is 0 Å². The molecule has 0 bridgehead atoms. The third kappa shape index (κ3) is 3.96. The average molecular weight is 284 g/mol. The first kappa shape index (κ1) is 15.5. The maximum absolute atomic E-state index is 12.2. The lowest BCUT2D eigenvalue weighted by atomic mass is 10.2. The van der Waals surface area contributed by atoms with Gasteiger partial charge >= 0.3 is 0 Å². The summed E-state index contributed by atoms with van der Waals surface area (Å²) in [5.74, 6) is -0.207. The Morgan fingerprint density at radius 2 is 1.74 bits per heavy atom. The van der Waals surface area contributed by atoms with Gasteiger partial charge in [-0.25, -0.2) is 8.42 Å². The summed E-state index contributed by atoms with van der Waals surface area (Å²) in [5, 5.41) is 1.51. The van der Waals surface area contributed by atoms with Gasteiger partial charge in [-0.1, -0.05) is 13.8 Å². The summed E-state index contributed by atoms with van der Waals surface area (Å²) in [5.41, 5.74) is 6.00.